The van der Waals surface area contributed by atoms with Crippen LogP contribution in [0.15, 0.2) is 12.1 Å². The maximum atomic E-state index is 12.3. The zero-order valence-corrected chi connectivity index (χ0v) is 16.3. The number of amides is 1. The van der Waals surface area contributed by atoms with E-state index in [9.17, 15) is 15.0 Å². The summed E-state index contributed by atoms with van der Waals surface area (Å²) in [6, 6.07) is 3.50. The average Bonchev–Trinajstić information content (AvgIpc) is 2.98. The topological polar surface area (TPSA) is 82.0 Å². The van der Waals surface area contributed by atoms with E-state index in [2.05, 4.69) is 29.9 Å². The molecular weight excluding hydrogens is 364 g/mol. The normalized spacial score (nSPS) is 38.9. The molecule has 5 atom stereocenters. The molecule has 1 saturated carbocycles. The van der Waals surface area contributed by atoms with E-state index in [-0.39, 0.29) is 29.8 Å². The van der Waals surface area contributed by atoms with Crippen molar-refractivity contribution in [3.63, 3.8) is 0 Å². The van der Waals surface area contributed by atoms with Crippen molar-refractivity contribution in [2.24, 2.45) is 0 Å². The molecule has 5 rings (SSSR count). The van der Waals surface area contributed by atoms with Gasteiger partial charge >= 0.3 is 0 Å². The molecule has 146 valence electrons. The fraction of sp³-hybridized carbons (Fsp3) is 0.650. The van der Waals surface area contributed by atoms with Gasteiger partial charge in [-0.25, -0.2) is 0 Å². The van der Waals surface area contributed by atoms with Gasteiger partial charge in [0, 0.05) is 18.0 Å². The van der Waals surface area contributed by atoms with Crippen LogP contribution in [0.25, 0.3) is 0 Å². The first kappa shape index (κ1) is 17.6. The number of carbonyl (C=O) groups is 1. The predicted molar refractivity (Wildman–Crippen MR) is 104 cm³/mol. The van der Waals surface area contributed by atoms with Gasteiger partial charge in [-0.05, 0) is 56.7 Å². The summed E-state index contributed by atoms with van der Waals surface area (Å²) in [5, 5.41) is 25.6. The van der Waals surface area contributed by atoms with Crippen LogP contribution in [0, 0.1) is 0 Å². The summed E-state index contributed by atoms with van der Waals surface area (Å²) in [5.74, 6) is 1.09. The van der Waals surface area contributed by atoms with Crippen molar-refractivity contribution in [2.45, 2.75) is 61.3 Å². The van der Waals surface area contributed by atoms with Crippen LogP contribution in [-0.2, 0) is 16.6 Å². The van der Waals surface area contributed by atoms with Gasteiger partial charge in [0.1, 0.15) is 6.10 Å². The molecule has 4 aliphatic rings. The highest BCUT2D eigenvalue weighted by molar-refractivity contribution is 7.80. The minimum Gasteiger partial charge on any atom is -0.504 e. The number of piperidine rings is 1. The molecule has 27 heavy (non-hydrogen) atoms. The number of aromatic hydroxyl groups is 1. The van der Waals surface area contributed by atoms with E-state index in [1.165, 1.54) is 0 Å². The molecular formula is C20H26N2O4S. The van der Waals surface area contributed by atoms with Gasteiger partial charge in [-0.3, -0.25) is 4.79 Å². The molecule has 2 heterocycles. The predicted octanol–water partition coefficient (Wildman–Crippen LogP) is 0.981. The maximum absolute atomic E-state index is 12.3. The summed E-state index contributed by atoms with van der Waals surface area (Å²) in [6.45, 7) is 0.860. The van der Waals surface area contributed by atoms with Crippen molar-refractivity contribution in [1.82, 2.24) is 10.2 Å². The van der Waals surface area contributed by atoms with Crippen molar-refractivity contribution in [2.75, 3.05) is 19.3 Å². The van der Waals surface area contributed by atoms with Gasteiger partial charge in [-0.2, -0.15) is 12.6 Å². The highest BCUT2D eigenvalue weighted by Crippen LogP contribution is 2.65. The van der Waals surface area contributed by atoms with E-state index in [0.717, 1.165) is 30.5 Å². The SMILES string of the molecule is CN1CC[C@]23c4c5ccc(O)c4O[C@H]2[C@H](NC(=O)CCS)CC[C@@]3(O)[C@H]1C5. The fourth-order valence-corrected chi connectivity index (χ4v) is 6.48. The Balaban J connectivity index is 1.66. The summed E-state index contributed by atoms with van der Waals surface area (Å²) >= 11 is 4.15. The van der Waals surface area contributed by atoms with Crippen LogP contribution in [0.2, 0.25) is 0 Å². The lowest BCUT2D eigenvalue weighted by atomic mass is 9.48. The minimum atomic E-state index is -0.915. The van der Waals surface area contributed by atoms with Crippen LogP contribution in [0.1, 0.15) is 36.8 Å². The maximum Gasteiger partial charge on any atom is 0.221 e. The third-order valence-electron chi connectivity index (χ3n) is 7.41. The molecule has 2 bridgehead atoms. The molecule has 0 radical (unpaired) electrons. The Morgan fingerprint density at radius 1 is 1.44 bits per heavy atom. The number of aliphatic hydroxyl groups is 1. The summed E-state index contributed by atoms with van der Waals surface area (Å²) in [7, 11) is 2.08. The molecule has 2 aliphatic carbocycles. The quantitative estimate of drug-likeness (QED) is 0.579. The van der Waals surface area contributed by atoms with Gasteiger partial charge in [0.25, 0.3) is 0 Å². The third-order valence-corrected chi connectivity index (χ3v) is 7.64. The van der Waals surface area contributed by atoms with E-state index >= 15 is 0 Å². The molecule has 6 nitrogen and oxygen atoms in total. The van der Waals surface area contributed by atoms with Gasteiger partial charge in [-0.15, -0.1) is 0 Å². The summed E-state index contributed by atoms with van der Waals surface area (Å²) in [6.07, 6.45) is 2.78. The molecule has 1 aromatic carbocycles. The first-order valence-electron chi connectivity index (χ1n) is 9.77. The molecule has 2 fully saturated rings. The Bertz CT molecular complexity index is 817. The van der Waals surface area contributed by atoms with Crippen molar-refractivity contribution in [3.05, 3.63) is 23.3 Å². The van der Waals surface area contributed by atoms with Crippen LogP contribution in [0.4, 0.5) is 0 Å². The molecule has 3 N–H and O–H groups in total. The lowest BCUT2D eigenvalue weighted by Crippen LogP contribution is -2.77. The number of phenolic OH excluding ortho intramolecular Hbond substituents is 1. The summed E-state index contributed by atoms with van der Waals surface area (Å²) in [5.41, 5.74) is 0.631. The van der Waals surface area contributed by atoms with Crippen LogP contribution in [-0.4, -0.2) is 64.2 Å². The number of carbonyl (C=O) groups excluding carboxylic acids is 1. The number of ether oxygens (including phenoxy) is 1. The Morgan fingerprint density at radius 2 is 2.26 bits per heavy atom. The second-order valence-corrected chi connectivity index (χ2v) is 8.97. The van der Waals surface area contributed by atoms with Gasteiger partial charge in [-0.1, -0.05) is 6.07 Å². The number of likely N-dealkylation sites (tertiary alicyclic amines) is 1. The number of thiol groups is 1. The second kappa shape index (κ2) is 5.78. The van der Waals surface area contributed by atoms with Gasteiger partial charge in [0.2, 0.25) is 5.91 Å². The minimum absolute atomic E-state index is 0.0226. The molecule has 2 aliphatic heterocycles. The van der Waals surface area contributed by atoms with E-state index in [1.807, 2.05) is 6.07 Å². The Morgan fingerprint density at radius 3 is 3.04 bits per heavy atom. The van der Waals surface area contributed by atoms with E-state index in [0.29, 0.717) is 30.8 Å². The summed E-state index contributed by atoms with van der Waals surface area (Å²) < 4.78 is 6.34. The zero-order chi connectivity index (χ0) is 19.0. The van der Waals surface area contributed by atoms with E-state index in [1.54, 1.807) is 6.07 Å². The van der Waals surface area contributed by atoms with Crippen LogP contribution in [0.5, 0.6) is 11.5 Å². The summed E-state index contributed by atoms with van der Waals surface area (Å²) in [4.78, 5) is 14.5. The van der Waals surface area contributed by atoms with Crippen LogP contribution in [0.3, 0.4) is 0 Å². The fourth-order valence-electron chi connectivity index (χ4n) is 6.28. The van der Waals surface area contributed by atoms with E-state index in [4.69, 9.17) is 4.74 Å². The smallest absolute Gasteiger partial charge is 0.221 e. The number of nitrogens with one attached hydrogen (secondary N) is 1. The highest BCUT2D eigenvalue weighted by Gasteiger charge is 2.72. The molecule has 7 heteroatoms. The average molecular weight is 391 g/mol. The standard InChI is InChI=1S/C20H26N2O4S/c1-22-8-7-19-16-11-2-3-13(23)17(16)26-18(19)12(21-15(24)5-9-27)4-6-20(19,25)14(22)10-11/h2-3,12,14,18,23,25,27H,4-10H2,1H3,(H,21,24)/t12-,14-,18+,19+,20-/m1/s1. The molecule has 1 amide bonds. The van der Waals surface area contributed by atoms with Gasteiger partial charge in [0.05, 0.1) is 17.1 Å². The van der Waals surface area contributed by atoms with Crippen molar-refractivity contribution in [1.29, 1.82) is 0 Å². The number of nitrogens with zero attached hydrogens (tertiary/aromatic N) is 1. The number of hydrogen-bond donors (Lipinski definition) is 4. The number of phenols is 1. The van der Waals surface area contributed by atoms with Crippen molar-refractivity contribution < 1.29 is 19.7 Å². The number of likely N-dealkylation sites (N-methyl/N-ethyl adjacent to an activating group) is 1. The van der Waals surface area contributed by atoms with Gasteiger partial charge in [0.15, 0.2) is 11.5 Å². The Kier molecular flexibility index (Phi) is 3.78. The number of rotatable bonds is 3. The van der Waals surface area contributed by atoms with Crippen molar-refractivity contribution >= 4 is 18.5 Å². The first-order chi connectivity index (χ1) is 12.9. The lowest BCUT2D eigenvalue weighted by Gasteiger charge is -2.63. The highest BCUT2D eigenvalue weighted by atomic mass is 32.1. The number of benzene rings is 1. The second-order valence-electron chi connectivity index (χ2n) is 8.52. The number of hydrogen-bond acceptors (Lipinski definition) is 6. The molecule has 1 aromatic rings. The molecule has 1 saturated heterocycles. The van der Waals surface area contributed by atoms with Gasteiger partial charge < -0.3 is 25.2 Å². The largest absolute Gasteiger partial charge is 0.504 e. The van der Waals surface area contributed by atoms with E-state index < -0.39 is 11.0 Å². The van der Waals surface area contributed by atoms with Crippen LogP contribution < -0.4 is 10.1 Å². The zero-order valence-electron chi connectivity index (χ0n) is 15.4. The lowest BCUT2D eigenvalue weighted by molar-refractivity contribution is -0.187. The van der Waals surface area contributed by atoms with Crippen molar-refractivity contribution in [3.8, 4) is 11.5 Å². The molecule has 0 aromatic heterocycles. The third kappa shape index (κ3) is 2.08. The first-order valence-corrected chi connectivity index (χ1v) is 10.4. The molecule has 0 unspecified atom stereocenters. The Hall–Kier alpha value is -1.44. The molecule has 1 spiro atoms. The monoisotopic (exact) mass is 390 g/mol. The van der Waals surface area contributed by atoms with Crippen LogP contribution >= 0.6 is 12.6 Å². The Labute approximate surface area is 164 Å².